The summed E-state index contributed by atoms with van der Waals surface area (Å²) in [6.45, 7) is 2.68. The molecule has 1 aromatic heterocycles. The summed E-state index contributed by atoms with van der Waals surface area (Å²) in [6, 6.07) is 2.39. The monoisotopic (exact) mass is 193 g/mol. The second-order valence-electron chi connectivity index (χ2n) is 3.18. The van der Waals surface area contributed by atoms with Crippen molar-refractivity contribution in [3.63, 3.8) is 0 Å². The van der Waals surface area contributed by atoms with E-state index in [2.05, 4.69) is 28.4 Å². The molecule has 14 heavy (non-hydrogen) atoms. The maximum absolute atomic E-state index is 8.54. The minimum Gasteiger partial charge on any atom is -0.306 e. The Morgan fingerprint density at radius 1 is 1.71 bits per heavy atom. The highest BCUT2D eigenvalue weighted by atomic mass is 15.3. The van der Waals surface area contributed by atoms with Gasteiger partial charge in [0, 0.05) is 13.1 Å². The van der Waals surface area contributed by atoms with Crippen LogP contribution in [-0.2, 0) is 13.6 Å². The highest BCUT2D eigenvalue weighted by Crippen LogP contribution is 1.97. The van der Waals surface area contributed by atoms with Crippen LogP contribution in [0.2, 0.25) is 0 Å². The molecule has 0 amide bonds. The Bertz CT molecular complexity index is 311. The van der Waals surface area contributed by atoms with E-state index in [1.807, 2.05) is 7.05 Å². The van der Waals surface area contributed by atoms with Crippen molar-refractivity contribution in [3.05, 3.63) is 12.2 Å². The molecule has 0 aliphatic carbocycles. The van der Waals surface area contributed by atoms with Gasteiger partial charge in [-0.2, -0.15) is 10.4 Å². The molecule has 1 unspecified atom stereocenters. The van der Waals surface area contributed by atoms with Crippen molar-refractivity contribution in [2.75, 3.05) is 0 Å². The number of nitrogens with one attached hydrogen (secondary N) is 1. The predicted molar refractivity (Wildman–Crippen MR) is 52.2 cm³/mol. The van der Waals surface area contributed by atoms with Gasteiger partial charge in [-0.15, -0.1) is 0 Å². The first kappa shape index (κ1) is 10.7. The van der Waals surface area contributed by atoms with Gasteiger partial charge in [-0.3, -0.25) is 4.68 Å². The molecule has 0 aromatic carbocycles. The fourth-order valence-electron chi connectivity index (χ4n) is 1.17. The third kappa shape index (κ3) is 3.15. The SMILES string of the molecule is CCC(CC#N)NCc1ncn(C)n1. The molecule has 1 heterocycles. The van der Waals surface area contributed by atoms with Crippen LogP contribution in [0.15, 0.2) is 6.33 Å². The van der Waals surface area contributed by atoms with E-state index >= 15 is 0 Å². The molecule has 0 spiro atoms. The minimum absolute atomic E-state index is 0.240. The second kappa shape index (κ2) is 5.35. The molecule has 5 nitrogen and oxygen atoms in total. The maximum Gasteiger partial charge on any atom is 0.164 e. The maximum atomic E-state index is 8.54. The number of nitrogens with zero attached hydrogens (tertiary/aromatic N) is 4. The summed E-state index contributed by atoms with van der Waals surface area (Å²) in [5.41, 5.74) is 0. The van der Waals surface area contributed by atoms with Crippen LogP contribution < -0.4 is 5.32 Å². The van der Waals surface area contributed by atoms with E-state index in [9.17, 15) is 0 Å². The van der Waals surface area contributed by atoms with Crippen molar-refractivity contribution < 1.29 is 0 Å². The Hall–Kier alpha value is -1.41. The van der Waals surface area contributed by atoms with Crippen LogP contribution in [0.3, 0.4) is 0 Å². The van der Waals surface area contributed by atoms with Crippen LogP contribution in [0.25, 0.3) is 0 Å². The molecule has 0 fully saturated rings. The number of hydrogen-bond acceptors (Lipinski definition) is 4. The van der Waals surface area contributed by atoms with Crippen LogP contribution in [0.1, 0.15) is 25.6 Å². The molecule has 1 N–H and O–H groups in total. The van der Waals surface area contributed by atoms with E-state index < -0.39 is 0 Å². The van der Waals surface area contributed by atoms with Gasteiger partial charge in [-0.05, 0) is 6.42 Å². The summed E-state index contributed by atoms with van der Waals surface area (Å²) >= 11 is 0. The third-order valence-corrected chi connectivity index (χ3v) is 2.03. The predicted octanol–water partition coefficient (Wildman–Crippen LogP) is 0.597. The number of aryl methyl sites for hydroxylation is 1. The fraction of sp³-hybridized carbons (Fsp3) is 0.667. The van der Waals surface area contributed by atoms with Gasteiger partial charge in [0.05, 0.1) is 19.0 Å². The van der Waals surface area contributed by atoms with E-state index in [4.69, 9.17) is 5.26 Å². The van der Waals surface area contributed by atoms with E-state index in [-0.39, 0.29) is 6.04 Å². The summed E-state index contributed by atoms with van der Waals surface area (Å²) in [5.74, 6) is 0.767. The summed E-state index contributed by atoms with van der Waals surface area (Å²) < 4.78 is 1.67. The average molecular weight is 193 g/mol. The Morgan fingerprint density at radius 3 is 3.00 bits per heavy atom. The number of rotatable bonds is 5. The fourth-order valence-corrected chi connectivity index (χ4v) is 1.17. The first-order valence-electron chi connectivity index (χ1n) is 4.71. The first-order valence-corrected chi connectivity index (χ1v) is 4.71. The topological polar surface area (TPSA) is 66.5 Å². The summed E-state index contributed by atoms with van der Waals surface area (Å²) in [5, 5.41) is 15.9. The van der Waals surface area contributed by atoms with Crippen LogP contribution >= 0.6 is 0 Å². The Labute approximate surface area is 83.8 Å². The van der Waals surface area contributed by atoms with Crippen molar-refractivity contribution in [3.8, 4) is 6.07 Å². The van der Waals surface area contributed by atoms with Gasteiger partial charge in [0.2, 0.25) is 0 Å². The largest absolute Gasteiger partial charge is 0.306 e. The lowest BCUT2D eigenvalue weighted by Gasteiger charge is -2.11. The zero-order valence-electron chi connectivity index (χ0n) is 8.56. The van der Waals surface area contributed by atoms with Crippen molar-refractivity contribution in [1.82, 2.24) is 20.1 Å². The van der Waals surface area contributed by atoms with Gasteiger partial charge in [0.1, 0.15) is 6.33 Å². The van der Waals surface area contributed by atoms with Crippen LogP contribution in [0.4, 0.5) is 0 Å². The third-order valence-electron chi connectivity index (χ3n) is 2.03. The molecule has 0 radical (unpaired) electrons. The van der Waals surface area contributed by atoms with Gasteiger partial charge >= 0.3 is 0 Å². The van der Waals surface area contributed by atoms with Crippen LogP contribution in [0.5, 0.6) is 0 Å². The Kier molecular flexibility index (Phi) is 4.08. The molecule has 0 aliphatic rings. The number of nitriles is 1. The van der Waals surface area contributed by atoms with Crippen molar-refractivity contribution in [2.45, 2.75) is 32.4 Å². The molecular weight excluding hydrogens is 178 g/mol. The Morgan fingerprint density at radius 2 is 2.50 bits per heavy atom. The van der Waals surface area contributed by atoms with Crippen LogP contribution in [0, 0.1) is 11.3 Å². The lowest BCUT2D eigenvalue weighted by Crippen LogP contribution is -2.27. The van der Waals surface area contributed by atoms with Crippen molar-refractivity contribution in [2.24, 2.45) is 7.05 Å². The van der Waals surface area contributed by atoms with Gasteiger partial charge < -0.3 is 5.32 Å². The summed E-state index contributed by atoms with van der Waals surface area (Å²) in [7, 11) is 1.84. The minimum atomic E-state index is 0.240. The van der Waals surface area contributed by atoms with Crippen molar-refractivity contribution in [1.29, 1.82) is 5.26 Å². The zero-order chi connectivity index (χ0) is 10.4. The van der Waals surface area contributed by atoms with E-state index in [1.165, 1.54) is 0 Å². The number of aromatic nitrogens is 3. The standard InChI is InChI=1S/C9H15N5/c1-3-8(4-5-10)11-6-9-12-7-14(2)13-9/h7-8,11H,3-4,6H2,1-2H3. The molecular formula is C9H15N5. The zero-order valence-corrected chi connectivity index (χ0v) is 8.56. The normalized spacial score (nSPS) is 12.4. The first-order chi connectivity index (χ1) is 6.76. The van der Waals surface area contributed by atoms with Gasteiger partial charge in [-0.25, -0.2) is 4.98 Å². The van der Waals surface area contributed by atoms with Gasteiger partial charge in [0.25, 0.3) is 0 Å². The van der Waals surface area contributed by atoms with Crippen molar-refractivity contribution >= 4 is 0 Å². The molecule has 76 valence electrons. The second-order valence-corrected chi connectivity index (χ2v) is 3.18. The van der Waals surface area contributed by atoms with Gasteiger partial charge in [0.15, 0.2) is 5.82 Å². The molecule has 0 saturated carbocycles. The molecule has 5 heteroatoms. The lowest BCUT2D eigenvalue weighted by molar-refractivity contribution is 0.494. The van der Waals surface area contributed by atoms with Gasteiger partial charge in [-0.1, -0.05) is 6.92 Å². The van der Waals surface area contributed by atoms with E-state index in [0.29, 0.717) is 13.0 Å². The van der Waals surface area contributed by atoms with Crippen LogP contribution in [-0.4, -0.2) is 20.8 Å². The lowest BCUT2D eigenvalue weighted by atomic mass is 10.2. The molecule has 0 aliphatic heterocycles. The summed E-state index contributed by atoms with van der Waals surface area (Å²) in [6.07, 6.45) is 3.14. The highest BCUT2D eigenvalue weighted by molar-refractivity contribution is 4.84. The van der Waals surface area contributed by atoms with E-state index in [0.717, 1.165) is 12.2 Å². The molecule has 1 aromatic rings. The molecule has 0 bridgehead atoms. The molecule has 1 rings (SSSR count). The molecule has 0 saturated heterocycles. The highest BCUT2D eigenvalue weighted by Gasteiger charge is 2.06. The van der Waals surface area contributed by atoms with E-state index in [1.54, 1.807) is 11.0 Å². The quantitative estimate of drug-likeness (QED) is 0.743. The smallest absolute Gasteiger partial charge is 0.164 e. The average Bonchev–Trinajstić information content (AvgIpc) is 2.59. The Balaban J connectivity index is 2.36. The summed E-state index contributed by atoms with van der Waals surface area (Å²) in [4.78, 5) is 4.09. The number of hydrogen-bond donors (Lipinski definition) is 1. The molecule has 1 atom stereocenters.